The van der Waals surface area contributed by atoms with Crippen LogP contribution in [0.1, 0.15) is 45.2 Å². The third kappa shape index (κ3) is 3.62. The van der Waals surface area contributed by atoms with Crippen LogP contribution >= 0.6 is 15.9 Å². The topological polar surface area (TPSA) is 41.6 Å². The number of carbonyl (C=O) groups is 1. The summed E-state index contributed by atoms with van der Waals surface area (Å²) in [6.07, 6.45) is 1.57. The third-order valence-corrected chi connectivity index (χ3v) is 5.55. The first-order chi connectivity index (χ1) is 11.3. The van der Waals surface area contributed by atoms with E-state index in [9.17, 15) is 4.79 Å². The van der Waals surface area contributed by atoms with Gasteiger partial charge in [0.1, 0.15) is 6.61 Å². The van der Waals surface area contributed by atoms with Crippen molar-refractivity contribution in [3.63, 3.8) is 0 Å². The molecule has 0 bridgehead atoms. The van der Waals surface area contributed by atoms with E-state index >= 15 is 0 Å². The summed E-state index contributed by atoms with van der Waals surface area (Å²) in [4.78, 5) is 14.4. The minimum Gasteiger partial charge on any atom is -0.463 e. The first-order valence-electron chi connectivity index (χ1n) is 8.67. The lowest BCUT2D eigenvalue weighted by Gasteiger charge is -2.43. The van der Waals surface area contributed by atoms with E-state index in [1.54, 1.807) is 0 Å². The molecule has 0 aromatic heterocycles. The zero-order valence-electron chi connectivity index (χ0n) is 14.9. The summed E-state index contributed by atoms with van der Waals surface area (Å²) < 4.78 is 6.77. The maximum absolute atomic E-state index is 12.1. The van der Waals surface area contributed by atoms with Gasteiger partial charge in [-0.1, -0.05) is 36.7 Å². The smallest absolute Gasteiger partial charge is 0.306 e. The summed E-state index contributed by atoms with van der Waals surface area (Å²) in [6.45, 7) is 7.66. The van der Waals surface area contributed by atoms with E-state index in [4.69, 9.17) is 4.74 Å². The van der Waals surface area contributed by atoms with Crippen LogP contribution in [0.4, 0.5) is 5.69 Å². The number of likely N-dealkylation sites (N-methyl/N-ethyl adjacent to an activating group) is 1. The normalized spacial score (nSPS) is 26.0. The van der Waals surface area contributed by atoms with Gasteiger partial charge in [-0.3, -0.25) is 4.79 Å². The Bertz CT molecular complexity index is 626. The fourth-order valence-electron chi connectivity index (χ4n) is 3.94. The van der Waals surface area contributed by atoms with Gasteiger partial charge in [0, 0.05) is 29.2 Å². The second kappa shape index (κ2) is 6.68. The number of ether oxygens (including phenoxy) is 1. The SMILES string of the molecule is CN1c2ccc(Br)cc2[C@H]2NCC[C@H]2[C@H]1COC(=O)CC(C)(C)C. The molecule has 1 aromatic carbocycles. The Labute approximate surface area is 153 Å². The number of fused-ring (bicyclic) bond motifs is 3. The number of esters is 1. The Morgan fingerprint density at radius 1 is 1.42 bits per heavy atom. The molecule has 0 radical (unpaired) electrons. The van der Waals surface area contributed by atoms with Crippen LogP contribution < -0.4 is 10.2 Å². The van der Waals surface area contributed by atoms with Crippen molar-refractivity contribution in [3.05, 3.63) is 28.2 Å². The molecule has 0 unspecified atom stereocenters. The van der Waals surface area contributed by atoms with Gasteiger partial charge in [0.05, 0.1) is 12.5 Å². The summed E-state index contributed by atoms with van der Waals surface area (Å²) in [5.74, 6) is 0.374. The molecule has 1 saturated heterocycles. The van der Waals surface area contributed by atoms with Crippen molar-refractivity contribution < 1.29 is 9.53 Å². The molecule has 24 heavy (non-hydrogen) atoms. The minimum atomic E-state index is -0.0972. The number of halogens is 1. The number of nitrogens with one attached hydrogen (secondary N) is 1. The zero-order chi connectivity index (χ0) is 17.5. The highest BCUT2D eigenvalue weighted by molar-refractivity contribution is 9.10. The lowest BCUT2D eigenvalue weighted by atomic mass is 9.82. The molecule has 1 N–H and O–H groups in total. The zero-order valence-corrected chi connectivity index (χ0v) is 16.5. The molecule has 2 aliphatic rings. The maximum atomic E-state index is 12.1. The lowest BCUT2D eigenvalue weighted by Crippen LogP contribution is -2.48. The van der Waals surface area contributed by atoms with Gasteiger partial charge in [0.2, 0.25) is 0 Å². The number of hydrogen-bond acceptors (Lipinski definition) is 4. The lowest BCUT2D eigenvalue weighted by molar-refractivity contribution is -0.146. The minimum absolute atomic E-state index is 0.0358. The predicted molar refractivity (Wildman–Crippen MR) is 100 cm³/mol. The van der Waals surface area contributed by atoms with E-state index in [1.807, 2.05) is 0 Å². The molecule has 3 rings (SSSR count). The molecule has 0 amide bonds. The standard InChI is InChI=1S/C19H27BrN2O2/c1-19(2,3)10-17(23)24-11-16-13-7-8-21-18(13)14-9-12(20)5-6-15(14)22(16)4/h5-6,9,13,16,18,21H,7-8,10-11H2,1-4H3/t13-,16+,18-/m0/s1. The van der Waals surface area contributed by atoms with Crippen LogP contribution in [0.2, 0.25) is 0 Å². The fourth-order valence-corrected chi connectivity index (χ4v) is 4.32. The van der Waals surface area contributed by atoms with Gasteiger partial charge in [-0.2, -0.15) is 0 Å². The molecular formula is C19H27BrN2O2. The van der Waals surface area contributed by atoms with Crippen molar-refractivity contribution >= 4 is 27.6 Å². The Balaban J connectivity index is 1.77. The molecule has 2 aliphatic heterocycles. The van der Waals surface area contributed by atoms with E-state index in [1.165, 1.54) is 11.3 Å². The predicted octanol–water partition coefficient (Wildman–Crippen LogP) is 3.90. The van der Waals surface area contributed by atoms with E-state index in [0.29, 0.717) is 25.0 Å². The van der Waals surface area contributed by atoms with Crippen LogP contribution in [-0.2, 0) is 9.53 Å². The molecule has 5 heteroatoms. The monoisotopic (exact) mass is 394 g/mol. The summed E-state index contributed by atoms with van der Waals surface area (Å²) in [5.41, 5.74) is 2.53. The number of hydrogen-bond donors (Lipinski definition) is 1. The maximum Gasteiger partial charge on any atom is 0.306 e. The molecule has 0 aliphatic carbocycles. The number of rotatable bonds is 3. The van der Waals surface area contributed by atoms with Crippen LogP contribution in [0.15, 0.2) is 22.7 Å². The molecule has 1 fully saturated rings. The van der Waals surface area contributed by atoms with Crippen molar-refractivity contribution in [2.45, 2.75) is 45.7 Å². The second-order valence-corrected chi connectivity index (χ2v) is 9.10. The average Bonchev–Trinajstić information content (AvgIpc) is 2.94. The Morgan fingerprint density at radius 2 is 2.17 bits per heavy atom. The summed E-state index contributed by atoms with van der Waals surface area (Å²) in [5, 5.41) is 3.63. The van der Waals surface area contributed by atoms with E-state index in [0.717, 1.165) is 17.4 Å². The van der Waals surface area contributed by atoms with Crippen molar-refractivity contribution in [2.75, 3.05) is 25.1 Å². The van der Waals surface area contributed by atoms with Gasteiger partial charge in [0.25, 0.3) is 0 Å². The first kappa shape index (κ1) is 17.7. The summed E-state index contributed by atoms with van der Waals surface area (Å²) in [6, 6.07) is 7.01. The summed E-state index contributed by atoms with van der Waals surface area (Å²) in [7, 11) is 2.11. The third-order valence-electron chi connectivity index (χ3n) is 5.06. The quantitative estimate of drug-likeness (QED) is 0.789. The number of benzene rings is 1. The second-order valence-electron chi connectivity index (χ2n) is 8.19. The molecular weight excluding hydrogens is 368 g/mol. The van der Waals surface area contributed by atoms with E-state index < -0.39 is 0 Å². The van der Waals surface area contributed by atoms with Gasteiger partial charge >= 0.3 is 5.97 Å². The van der Waals surface area contributed by atoms with Crippen LogP contribution in [-0.4, -0.2) is 32.2 Å². The average molecular weight is 395 g/mol. The molecule has 2 heterocycles. The fraction of sp³-hybridized carbons (Fsp3) is 0.632. The Morgan fingerprint density at radius 3 is 2.88 bits per heavy atom. The van der Waals surface area contributed by atoms with Crippen LogP contribution in [0.5, 0.6) is 0 Å². The molecule has 0 spiro atoms. The molecule has 132 valence electrons. The molecule has 4 nitrogen and oxygen atoms in total. The van der Waals surface area contributed by atoms with Gasteiger partial charge in [-0.15, -0.1) is 0 Å². The molecule has 0 saturated carbocycles. The van der Waals surface area contributed by atoms with Crippen molar-refractivity contribution in [1.29, 1.82) is 0 Å². The van der Waals surface area contributed by atoms with Gasteiger partial charge < -0.3 is 15.0 Å². The van der Waals surface area contributed by atoms with Gasteiger partial charge in [-0.05, 0) is 42.1 Å². The molecule has 3 atom stereocenters. The number of anilines is 1. The molecule has 1 aromatic rings. The van der Waals surface area contributed by atoms with Crippen LogP contribution in [0.3, 0.4) is 0 Å². The highest BCUT2D eigenvalue weighted by Crippen LogP contribution is 2.45. The van der Waals surface area contributed by atoms with Crippen LogP contribution in [0.25, 0.3) is 0 Å². The van der Waals surface area contributed by atoms with Crippen LogP contribution in [0, 0.1) is 11.3 Å². The van der Waals surface area contributed by atoms with Gasteiger partial charge in [0.15, 0.2) is 0 Å². The largest absolute Gasteiger partial charge is 0.463 e. The highest BCUT2D eigenvalue weighted by Gasteiger charge is 2.42. The Kier molecular flexibility index (Phi) is 4.94. The van der Waals surface area contributed by atoms with E-state index in [2.05, 4.69) is 72.2 Å². The first-order valence-corrected chi connectivity index (χ1v) is 9.47. The van der Waals surface area contributed by atoms with E-state index in [-0.39, 0.29) is 17.4 Å². The highest BCUT2D eigenvalue weighted by atomic mass is 79.9. The number of carbonyl (C=O) groups excluding carboxylic acids is 1. The van der Waals surface area contributed by atoms with Crippen molar-refractivity contribution in [2.24, 2.45) is 11.3 Å². The van der Waals surface area contributed by atoms with Crippen molar-refractivity contribution in [1.82, 2.24) is 5.32 Å². The van der Waals surface area contributed by atoms with Gasteiger partial charge in [-0.25, -0.2) is 0 Å². The Hall–Kier alpha value is -1.07. The number of nitrogens with zero attached hydrogens (tertiary/aromatic N) is 1. The summed E-state index contributed by atoms with van der Waals surface area (Å²) >= 11 is 3.58. The van der Waals surface area contributed by atoms with Crippen molar-refractivity contribution in [3.8, 4) is 0 Å².